The van der Waals surface area contributed by atoms with Crippen molar-refractivity contribution in [1.82, 2.24) is 10.4 Å². The summed E-state index contributed by atoms with van der Waals surface area (Å²) in [6, 6.07) is 7.04. The first-order valence-corrected chi connectivity index (χ1v) is 4.77. The highest BCUT2D eigenvalue weighted by molar-refractivity contribution is 6.06. The van der Waals surface area contributed by atoms with Crippen LogP contribution in [0.2, 0.25) is 0 Å². The fourth-order valence-electron chi connectivity index (χ4n) is 1.59. The lowest BCUT2D eigenvalue weighted by Crippen LogP contribution is -2.30. The highest BCUT2D eigenvalue weighted by Crippen LogP contribution is 2.24. The minimum Gasteiger partial charge on any atom is -0.397 e. The van der Waals surface area contributed by atoms with Crippen LogP contribution in [0, 0.1) is 11.3 Å². The summed E-state index contributed by atoms with van der Waals surface area (Å²) in [7, 11) is 0. The highest BCUT2D eigenvalue weighted by atomic mass is 16.2. The third kappa shape index (κ3) is 1.64. The fraction of sp³-hybridized carbons (Fsp3) is 0. The molecule has 0 radical (unpaired) electrons. The van der Waals surface area contributed by atoms with Gasteiger partial charge in [-0.25, -0.2) is 5.84 Å². The number of amides is 1. The largest absolute Gasteiger partial charge is 0.397 e. The Bertz CT molecular complexity index is 644. The molecule has 0 spiro atoms. The van der Waals surface area contributed by atoms with E-state index in [4.69, 9.17) is 16.8 Å². The van der Waals surface area contributed by atoms with Gasteiger partial charge in [0.15, 0.2) is 0 Å². The second-order valence-corrected chi connectivity index (χ2v) is 3.37. The van der Waals surface area contributed by atoms with Crippen molar-refractivity contribution >= 4 is 22.5 Å². The first kappa shape index (κ1) is 10.9. The van der Waals surface area contributed by atoms with Gasteiger partial charge in [-0.1, -0.05) is 12.1 Å². The van der Waals surface area contributed by atoms with Gasteiger partial charge in [-0.05, 0) is 6.07 Å². The van der Waals surface area contributed by atoms with Crippen molar-refractivity contribution in [2.45, 2.75) is 0 Å². The number of carbonyl (C=O) groups excluding carboxylic acids is 1. The molecule has 17 heavy (non-hydrogen) atoms. The number of hydrazine groups is 1. The summed E-state index contributed by atoms with van der Waals surface area (Å²) in [5, 5.41) is 9.48. The molecule has 6 nitrogen and oxygen atoms in total. The molecule has 84 valence electrons. The quantitative estimate of drug-likeness (QED) is 0.367. The van der Waals surface area contributed by atoms with Gasteiger partial charge in [0, 0.05) is 11.6 Å². The van der Waals surface area contributed by atoms with Gasteiger partial charge in [-0.3, -0.25) is 15.2 Å². The minimum atomic E-state index is -0.515. The molecular formula is C11H9N5O. The third-order valence-electron chi connectivity index (χ3n) is 2.44. The molecule has 1 aromatic carbocycles. The maximum Gasteiger partial charge on any atom is 0.268 e. The van der Waals surface area contributed by atoms with Crippen molar-refractivity contribution in [3.05, 3.63) is 35.5 Å². The number of hydrogen-bond donors (Lipinski definition) is 3. The van der Waals surface area contributed by atoms with Crippen LogP contribution in [0.25, 0.3) is 10.9 Å². The Kier molecular flexibility index (Phi) is 2.60. The van der Waals surface area contributed by atoms with Crippen LogP contribution in [0.4, 0.5) is 5.69 Å². The number of nitriles is 1. The molecular weight excluding hydrogens is 218 g/mol. The Labute approximate surface area is 96.8 Å². The standard InChI is InChI=1S/C11H9N5O/c12-4-6-2-1-3-7-9(13)8(11(17)16-14)5-15-10(6)7/h1-3,5H,14H2,(H2,13,15)(H,16,17). The predicted octanol–water partition coefficient (Wildman–Crippen LogP) is 0.292. The molecule has 1 aromatic heterocycles. The fourth-order valence-corrected chi connectivity index (χ4v) is 1.59. The van der Waals surface area contributed by atoms with Crippen molar-refractivity contribution in [1.29, 1.82) is 5.26 Å². The van der Waals surface area contributed by atoms with Crippen LogP contribution in [0.15, 0.2) is 24.4 Å². The second kappa shape index (κ2) is 4.08. The maximum absolute atomic E-state index is 11.4. The summed E-state index contributed by atoms with van der Waals surface area (Å²) in [4.78, 5) is 15.5. The number of aromatic nitrogens is 1. The number of nitrogen functional groups attached to an aromatic ring is 2. The SMILES string of the molecule is N#Cc1cccc2c(N)c(C(=O)NN)cnc12. The lowest BCUT2D eigenvalue weighted by Gasteiger charge is -2.07. The predicted molar refractivity (Wildman–Crippen MR) is 62.5 cm³/mol. The van der Waals surface area contributed by atoms with Crippen LogP contribution >= 0.6 is 0 Å². The summed E-state index contributed by atoms with van der Waals surface area (Å²) < 4.78 is 0. The van der Waals surface area contributed by atoms with E-state index >= 15 is 0 Å². The molecule has 0 saturated carbocycles. The van der Waals surface area contributed by atoms with Gasteiger partial charge in [0.1, 0.15) is 6.07 Å². The van der Waals surface area contributed by atoms with Crippen molar-refractivity contribution in [3.63, 3.8) is 0 Å². The number of nitrogens with two attached hydrogens (primary N) is 2. The second-order valence-electron chi connectivity index (χ2n) is 3.37. The number of para-hydroxylation sites is 1. The number of hydrogen-bond acceptors (Lipinski definition) is 5. The number of carbonyl (C=O) groups is 1. The Morgan fingerprint density at radius 2 is 2.24 bits per heavy atom. The number of pyridine rings is 1. The average molecular weight is 227 g/mol. The molecule has 0 aliphatic carbocycles. The summed E-state index contributed by atoms with van der Waals surface area (Å²) in [6.45, 7) is 0. The van der Waals surface area contributed by atoms with Crippen LogP contribution in [-0.2, 0) is 0 Å². The molecule has 0 unspecified atom stereocenters. The van der Waals surface area contributed by atoms with Crippen molar-refractivity contribution < 1.29 is 4.79 Å². The van der Waals surface area contributed by atoms with Crippen molar-refractivity contribution in [2.24, 2.45) is 5.84 Å². The molecule has 6 heteroatoms. The van der Waals surface area contributed by atoms with E-state index in [2.05, 4.69) is 4.98 Å². The minimum absolute atomic E-state index is 0.190. The lowest BCUT2D eigenvalue weighted by atomic mass is 10.1. The lowest BCUT2D eigenvalue weighted by molar-refractivity contribution is 0.0954. The summed E-state index contributed by atoms with van der Waals surface area (Å²) in [5.41, 5.74) is 9.18. The molecule has 0 aliphatic heterocycles. The number of benzene rings is 1. The van der Waals surface area contributed by atoms with E-state index in [1.54, 1.807) is 18.2 Å². The Morgan fingerprint density at radius 3 is 2.88 bits per heavy atom. The molecule has 0 atom stereocenters. The van der Waals surface area contributed by atoms with E-state index in [-0.39, 0.29) is 11.3 Å². The number of anilines is 1. The normalized spacial score (nSPS) is 9.88. The topological polar surface area (TPSA) is 118 Å². The molecule has 0 bridgehead atoms. The van der Waals surface area contributed by atoms with Crippen LogP contribution in [0.5, 0.6) is 0 Å². The van der Waals surface area contributed by atoms with Crippen LogP contribution in [-0.4, -0.2) is 10.9 Å². The van der Waals surface area contributed by atoms with Crippen LogP contribution in [0.1, 0.15) is 15.9 Å². The van der Waals surface area contributed by atoms with E-state index < -0.39 is 5.91 Å². The van der Waals surface area contributed by atoms with E-state index in [1.165, 1.54) is 6.20 Å². The molecule has 2 aromatic rings. The van der Waals surface area contributed by atoms with Gasteiger partial charge in [0.05, 0.1) is 22.3 Å². The zero-order valence-electron chi connectivity index (χ0n) is 8.77. The first-order chi connectivity index (χ1) is 8.19. The molecule has 1 heterocycles. The first-order valence-electron chi connectivity index (χ1n) is 4.77. The summed E-state index contributed by atoms with van der Waals surface area (Å²) in [6.07, 6.45) is 1.31. The molecule has 1 amide bonds. The number of fused-ring (bicyclic) bond motifs is 1. The zero-order valence-corrected chi connectivity index (χ0v) is 8.77. The maximum atomic E-state index is 11.4. The van der Waals surface area contributed by atoms with Crippen LogP contribution in [0.3, 0.4) is 0 Å². The van der Waals surface area contributed by atoms with Gasteiger partial charge >= 0.3 is 0 Å². The average Bonchev–Trinajstić information content (AvgIpc) is 2.38. The van der Waals surface area contributed by atoms with E-state index in [9.17, 15) is 4.79 Å². The van der Waals surface area contributed by atoms with Crippen LogP contribution < -0.4 is 17.0 Å². The molecule has 5 N–H and O–H groups in total. The number of nitrogens with zero attached hydrogens (tertiary/aromatic N) is 2. The van der Waals surface area contributed by atoms with Crippen molar-refractivity contribution in [3.8, 4) is 6.07 Å². The molecule has 0 aliphatic rings. The van der Waals surface area contributed by atoms with Gasteiger partial charge in [0.25, 0.3) is 5.91 Å². The summed E-state index contributed by atoms with van der Waals surface area (Å²) in [5.74, 6) is 4.52. The molecule has 0 fully saturated rings. The van der Waals surface area contributed by atoms with Gasteiger partial charge in [-0.15, -0.1) is 0 Å². The van der Waals surface area contributed by atoms with Gasteiger partial charge in [-0.2, -0.15) is 5.26 Å². The highest BCUT2D eigenvalue weighted by Gasteiger charge is 2.13. The van der Waals surface area contributed by atoms with E-state index in [0.29, 0.717) is 16.5 Å². The Morgan fingerprint density at radius 1 is 1.47 bits per heavy atom. The van der Waals surface area contributed by atoms with Crippen molar-refractivity contribution in [2.75, 3.05) is 5.73 Å². The van der Waals surface area contributed by atoms with E-state index in [0.717, 1.165) is 0 Å². The molecule has 2 rings (SSSR count). The zero-order chi connectivity index (χ0) is 12.4. The van der Waals surface area contributed by atoms with E-state index in [1.807, 2.05) is 11.5 Å². The number of nitrogens with one attached hydrogen (secondary N) is 1. The monoisotopic (exact) mass is 227 g/mol. The third-order valence-corrected chi connectivity index (χ3v) is 2.44. The summed E-state index contributed by atoms with van der Waals surface area (Å²) >= 11 is 0. The smallest absolute Gasteiger partial charge is 0.268 e. The number of rotatable bonds is 1. The Balaban J connectivity index is 2.78. The molecule has 0 saturated heterocycles. The Hall–Kier alpha value is -2.65. The van der Waals surface area contributed by atoms with Gasteiger partial charge in [0.2, 0.25) is 0 Å². The van der Waals surface area contributed by atoms with Gasteiger partial charge < -0.3 is 5.73 Å².